The average Bonchev–Trinajstić information content (AvgIpc) is 3.95. The van der Waals surface area contributed by atoms with Crippen LogP contribution in [0.3, 0.4) is 0 Å². The molecule has 4 aromatic heterocycles. The molecule has 0 bridgehead atoms. The molecular weight excluding hydrogens is 679 g/mol. The molecule has 2 aliphatic heterocycles. The molecule has 54 heavy (non-hydrogen) atoms. The summed E-state index contributed by atoms with van der Waals surface area (Å²) >= 11 is 0. The van der Waals surface area contributed by atoms with Crippen molar-refractivity contribution in [2.45, 2.75) is 39.2 Å². The highest BCUT2D eigenvalue weighted by Gasteiger charge is 2.67. The number of rotatable bonds is 2. The number of benzene rings is 6. The van der Waals surface area contributed by atoms with E-state index in [1.54, 1.807) is 0 Å². The van der Waals surface area contributed by atoms with Crippen LogP contribution < -0.4 is 14.3 Å². The number of aromatic nitrogens is 3. The van der Waals surface area contributed by atoms with Crippen molar-refractivity contribution in [3.05, 3.63) is 156 Å². The quantitative estimate of drug-likeness (QED) is 0.132. The van der Waals surface area contributed by atoms with Crippen LogP contribution in [0.2, 0.25) is 19.6 Å². The van der Waals surface area contributed by atoms with Crippen molar-refractivity contribution in [1.82, 2.24) is 4.57 Å². The van der Waals surface area contributed by atoms with E-state index >= 15 is 0 Å². The predicted molar refractivity (Wildman–Crippen MR) is 220 cm³/mol. The van der Waals surface area contributed by atoms with Crippen molar-refractivity contribution >= 4 is 68.2 Å². The van der Waals surface area contributed by atoms with Crippen molar-refractivity contribution in [1.29, 1.82) is 0 Å². The minimum atomic E-state index is -1.77. The highest BCUT2D eigenvalue weighted by molar-refractivity contribution is 6.88. The number of fused-ring (bicyclic) bond motifs is 19. The minimum absolute atomic E-state index is 0.733. The van der Waals surface area contributed by atoms with Gasteiger partial charge >= 0.3 is 11.5 Å². The topological polar surface area (TPSA) is 39.0 Å². The number of hydrogen-bond acceptors (Lipinski definition) is 2. The van der Waals surface area contributed by atoms with Crippen LogP contribution in [-0.2, 0) is 5.66 Å². The molecule has 0 radical (unpaired) electrons. The van der Waals surface area contributed by atoms with E-state index in [1.807, 2.05) is 6.07 Å². The SMILES string of the molecule is Cc1ccc2c(c1)C1(c3ccc4c(oc5ccccc54)c3-c3n(-c4cccc5c4oc4ccccc45)c4ccccc4[n+]31)[n+]1cc([Si](C)(C)C)c(C)cc1-2. The number of furan rings is 2. The summed E-state index contributed by atoms with van der Waals surface area (Å²) in [5.74, 6) is 1.08. The van der Waals surface area contributed by atoms with Crippen LogP contribution in [0.25, 0.3) is 83.2 Å². The largest absolute Gasteiger partial charge is 0.455 e. The lowest BCUT2D eigenvalue weighted by Gasteiger charge is -2.23. The van der Waals surface area contributed by atoms with Crippen molar-refractivity contribution in [2.24, 2.45) is 0 Å². The van der Waals surface area contributed by atoms with Gasteiger partial charge in [0, 0.05) is 32.8 Å². The van der Waals surface area contributed by atoms with Gasteiger partial charge in [-0.25, -0.2) is 0 Å². The standard InChI is InChI=1S/C48H37N3O2Si/c1-28-21-22-34-36(25-28)48(49-27-43(54(3,4)5)29(2)26-40(34)49)35-24-23-33-31-14-7-11-20-42(31)53-46(33)44(35)47-50(37-16-8-9-17-38(37)51(47)48)39-18-12-15-32-30-13-6-10-19-41(30)52-45(32)39/h6-27H,1-5H3/q+2. The van der Waals surface area contributed by atoms with Gasteiger partial charge in [-0.1, -0.05) is 91.9 Å². The van der Waals surface area contributed by atoms with Gasteiger partial charge in [0.25, 0.3) is 0 Å². The highest BCUT2D eigenvalue weighted by Crippen LogP contribution is 2.53. The van der Waals surface area contributed by atoms with Crippen LogP contribution in [0.5, 0.6) is 0 Å². The molecule has 0 N–H and O–H groups in total. The molecule has 0 amide bonds. The summed E-state index contributed by atoms with van der Waals surface area (Å²) in [6.07, 6.45) is 2.51. The summed E-state index contributed by atoms with van der Waals surface area (Å²) in [5, 5.41) is 5.92. The summed E-state index contributed by atoms with van der Waals surface area (Å²) < 4.78 is 21.5. The fourth-order valence-corrected chi connectivity index (χ4v) is 11.8. The number of hydrogen-bond donors (Lipinski definition) is 0. The average molecular weight is 716 g/mol. The van der Waals surface area contributed by atoms with E-state index in [0.717, 1.165) is 72.0 Å². The summed E-state index contributed by atoms with van der Waals surface area (Å²) in [7, 11) is -1.77. The smallest absolute Gasteiger partial charge is 0.364 e. The first-order valence-electron chi connectivity index (χ1n) is 18.9. The Morgan fingerprint density at radius 3 is 2.09 bits per heavy atom. The molecule has 0 aliphatic carbocycles. The number of imidazole rings is 1. The fraction of sp³-hybridized carbons (Fsp3) is 0.125. The first-order valence-corrected chi connectivity index (χ1v) is 22.4. The van der Waals surface area contributed by atoms with Gasteiger partial charge in [-0.2, -0.15) is 4.57 Å². The zero-order chi connectivity index (χ0) is 36.2. The molecule has 6 heteroatoms. The molecule has 6 heterocycles. The second-order valence-corrected chi connectivity index (χ2v) is 21.3. The normalized spacial score (nSPS) is 15.9. The second-order valence-electron chi connectivity index (χ2n) is 16.3. The van der Waals surface area contributed by atoms with Gasteiger partial charge in [-0.05, 0) is 74.0 Å². The molecular formula is C48H37N3O2Si+2. The van der Waals surface area contributed by atoms with E-state index in [9.17, 15) is 0 Å². The Morgan fingerprint density at radius 1 is 0.630 bits per heavy atom. The Bertz CT molecular complexity index is 3300. The molecule has 0 saturated heterocycles. The zero-order valence-electron chi connectivity index (χ0n) is 30.9. The van der Waals surface area contributed by atoms with E-state index in [0.29, 0.717) is 0 Å². The summed E-state index contributed by atoms with van der Waals surface area (Å²) in [5.41, 5.74) is 14.8. The number of aryl methyl sites for hydroxylation is 2. The first kappa shape index (κ1) is 30.2. The number of nitrogens with zero attached hydrogens (tertiary/aromatic N) is 3. The maximum atomic E-state index is 7.02. The lowest BCUT2D eigenvalue weighted by Crippen LogP contribution is -2.72. The fourth-order valence-electron chi connectivity index (χ4n) is 10.0. The summed E-state index contributed by atoms with van der Waals surface area (Å²) in [6.45, 7) is 11.9. The van der Waals surface area contributed by atoms with Crippen LogP contribution >= 0.6 is 0 Å². The molecule has 1 atom stereocenters. The van der Waals surface area contributed by atoms with Crippen LogP contribution in [0, 0.1) is 13.8 Å². The van der Waals surface area contributed by atoms with Crippen molar-refractivity contribution in [3.8, 4) is 28.3 Å². The monoisotopic (exact) mass is 715 g/mol. The minimum Gasteiger partial charge on any atom is -0.455 e. The first-order chi connectivity index (χ1) is 26.2. The van der Waals surface area contributed by atoms with Gasteiger partial charge in [0.1, 0.15) is 16.7 Å². The molecule has 2 aliphatic rings. The Balaban J connectivity index is 1.35. The van der Waals surface area contributed by atoms with Gasteiger partial charge in [0.15, 0.2) is 34.1 Å². The van der Waals surface area contributed by atoms with E-state index in [4.69, 9.17) is 8.83 Å². The molecule has 0 saturated carbocycles. The number of pyridine rings is 1. The predicted octanol–water partition coefficient (Wildman–Crippen LogP) is 10.4. The van der Waals surface area contributed by atoms with E-state index in [2.05, 4.69) is 175 Å². The molecule has 258 valence electrons. The molecule has 5 nitrogen and oxygen atoms in total. The van der Waals surface area contributed by atoms with Gasteiger partial charge in [-0.15, -0.1) is 9.13 Å². The zero-order valence-corrected chi connectivity index (χ0v) is 31.9. The maximum Gasteiger partial charge on any atom is 0.364 e. The lowest BCUT2D eigenvalue weighted by molar-refractivity contribution is -0.944. The molecule has 0 fully saturated rings. The molecule has 1 spiro atoms. The van der Waals surface area contributed by atoms with Gasteiger partial charge in [0.05, 0.1) is 24.8 Å². The highest BCUT2D eigenvalue weighted by atomic mass is 28.3. The van der Waals surface area contributed by atoms with Crippen LogP contribution in [-0.4, -0.2) is 12.6 Å². The van der Waals surface area contributed by atoms with Crippen LogP contribution in [0.1, 0.15) is 22.3 Å². The number of para-hydroxylation sites is 5. The van der Waals surface area contributed by atoms with Crippen molar-refractivity contribution < 1.29 is 18.0 Å². The van der Waals surface area contributed by atoms with E-state index in [-0.39, 0.29) is 0 Å². The van der Waals surface area contributed by atoms with Crippen LogP contribution in [0.15, 0.2) is 142 Å². The Kier molecular flexibility index (Phi) is 5.62. The van der Waals surface area contributed by atoms with Crippen molar-refractivity contribution in [3.63, 3.8) is 0 Å². The third kappa shape index (κ3) is 3.55. The molecule has 12 rings (SSSR count). The third-order valence-electron chi connectivity index (χ3n) is 12.2. The Hall–Kier alpha value is -6.24. The summed E-state index contributed by atoms with van der Waals surface area (Å²) in [4.78, 5) is 0. The van der Waals surface area contributed by atoms with E-state index < -0.39 is 13.7 Å². The molecule has 10 aromatic rings. The van der Waals surface area contributed by atoms with E-state index in [1.165, 1.54) is 38.7 Å². The third-order valence-corrected chi connectivity index (χ3v) is 14.3. The Morgan fingerprint density at radius 2 is 1.31 bits per heavy atom. The van der Waals surface area contributed by atoms with Gasteiger partial charge in [0.2, 0.25) is 5.69 Å². The summed E-state index contributed by atoms with van der Waals surface area (Å²) in [6, 6.07) is 46.4. The van der Waals surface area contributed by atoms with Gasteiger partial charge < -0.3 is 8.83 Å². The van der Waals surface area contributed by atoms with Crippen molar-refractivity contribution in [2.75, 3.05) is 0 Å². The Labute approximate surface area is 312 Å². The second kappa shape index (κ2) is 10.0. The molecule has 1 unspecified atom stereocenters. The maximum absolute atomic E-state index is 7.02. The van der Waals surface area contributed by atoms with Gasteiger partial charge in [-0.3, -0.25) is 0 Å². The molecule has 6 aromatic carbocycles. The van der Waals surface area contributed by atoms with Crippen LogP contribution in [0.4, 0.5) is 0 Å². The lowest BCUT2D eigenvalue weighted by atomic mass is 9.88.